The van der Waals surface area contributed by atoms with Gasteiger partial charge in [-0.05, 0) is 37.3 Å². The molecule has 1 aliphatic rings. The maximum Gasteiger partial charge on any atom is 0.235 e. The van der Waals surface area contributed by atoms with Gasteiger partial charge in [0.1, 0.15) is 22.5 Å². The molecule has 0 saturated heterocycles. The molecule has 0 bridgehead atoms. The van der Waals surface area contributed by atoms with E-state index in [2.05, 4.69) is 49.8 Å². The fraction of sp³-hybridized carbons (Fsp3) is 0.400. The van der Waals surface area contributed by atoms with Crippen LogP contribution in [0.15, 0.2) is 36.7 Å². The van der Waals surface area contributed by atoms with Crippen molar-refractivity contribution in [1.82, 2.24) is 15.0 Å². The standard InChI is InChI=1S/C25H27N3O2S/c1-15(2)10-19-18-13-30-25(3,4)11-17(18)20-21-22(31-24(20)28-19)23(27-14-26-21)29-12-16-8-6-5-7-9-16/h5-9,14-15H,10-13H2,1-4H3. The highest BCUT2D eigenvalue weighted by Crippen LogP contribution is 2.43. The lowest BCUT2D eigenvalue weighted by Gasteiger charge is -2.33. The number of aromatic nitrogens is 3. The SMILES string of the molecule is CC(C)Cc1nc2sc3c(OCc4ccccc4)ncnc3c2c2c1COC(C)(C)C2. The van der Waals surface area contributed by atoms with Crippen molar-refractivity contribution in [1.29, 1.82) is 0 Å². The van der Waals surface area contributed by atoms with Crippen LogP contribution in [0, 0.1) is 5.92 Å². The van der Waals surface area contributed by atoms with Gasteiger partial charge >= 0.3 is 0 Å². The molecule has 0 fully saturated rings. The maximum absolute atomic E-state index is 6.17. The molecule has 31 heavy (non-hydrogen) atoms. The Bertz CT molecular complexity index is 1250. The van der Waals surface area contributed by atoms with E-state index in [-0.39, 0.29) is 5.60 Å². The molecule has 0 N–H and O–H groups in total. The van der Waals surface area contributed by atoms with Crippen molar-refractivity contribution < 1.29 is 9.47 Å². The summed E-state index contributed by atoms with van der Waals surface area (Å²) in [5.41, 5.74) is 5.57. The van der Waals surface area contributed by atoms with E-state index in [0.717, 1.165) is 44.5 Å². The maximum atomic E-state index is 6.17. The van der Waals surface area contributed by atoms with Crippen molar-refractivity contribution in [2.24, 2.45) is 5.92 Å². The van der Waals surface area contributed by atoms with E-state index in [1.807, 2.05) is 18.2 Å². The summed E-state index contributed by atoms with van der Waals surface area (Å²) in [4.78, 5) is 15.2. The number of hydrogen-bond donors (Lipinski definition) is 0. The summed E-state index contributed by atoms with van der Waals surface area (Å²) in [6.45, 7) is 9.86. The van der Waals surface area contributed by atoms with Crippen molar-refractivity contribution in [3.8, 4) is 5.88 Å². The Labute approximate surface area is 186 Å². The molecule has 5 nitrogen and oxygen atoms in total. The Morgan fingerprint density at radius 1 is 1.13 bits per heavy atom. The zero-order chi connectivity index (χ0) is 21.6. The zero-order valence-electron chi connectivity index (χ0n) is 18.4. The van der Waals surface area contributed by atoms with Gasteiger partial charge in [0.05, 0.1) is 17.7 Å². The van der Waals surface area contributed by atoms with Crippen LogP contribution in [0.25, 0.3) is 20.4 Å². The number of pyridine rings is 1. The second kappa shape index (κ2) is 7.84. The number of fused-ring (bicyclic) bond motifs is 5. The minimum absolute atomic E-state index is 0.204. The first kappa shape index (κ1) is 20.3. The summed E-state index contributed by atoms with van der Waals surface area (Å²) in [6, 6.07) is 10.2. The molecular weight excluding hydrogens is 406 g/mol. The average molecular weight is 434 g/mol. The Hall–Kier alpha value is -2.57. The van der Waals surface area contributed by atoms with Crippen LogP contribution in [0.1, 0.15) is 50.1 Å². The monoisotopic (exact) mass is 433 g/mol. The number of benzene rings is 1. The number of rotatable bonds is 5. The average Bonchev–Trinajstić information content (AvgIpc) is 3.11. The summed E-state index contributed by atoms with van der Waals surface area (Å²) in [5, 5.41) is 1.14. The Kier molecular flexibility index (Phi) is 5.15. The molecule has 0 radical (unpaired) electrons. The fourth-order valence-electron chi connectivity index (χ4n) is 4.24. The lowest BCUT2D eigenvalue weighted by Crippen LogP contribution is -2.33. The molecule has 160 valence electrons. The van der Waals surface area contributed by atoms with Gasteiger partial charge in [-0.3, -0.25) is 0 Å². The molecule has 0 unspecified atom stereocenters. The predicted octanol–water partition coefficient (Wildman–Crippen LogP) is 5.87. The third-order valence-corrected chi connectivity index (χ3v) is 6.76. The third-order valence-electron chi connectivity index (χ3n) is 5.70. The van der Waals surface area contributed by atoms with E-state index < -0.39 is 0 Å². The lowest BCUT2D eigenvalue weighted by molar-refractivity contribution is -0.0402. The van der Waals surface area contributed by atoms with Crippen LogP contribution in [0.5, 0.6) is 5.88 Å². The van der Waals surface area contributed by atoms with Gasteiger partial charge in [-0.2, -0.15) is 0 Å². The van der Waals surface area contributed by atoms with Gasteiger partial charge < -0.3 is 9.47 Å². The van der Waals surface area contributed by atoms with Crippen LogP contribution in [-0.2, 0) is 30.8 Å². The van der Waals surface area contributed by atoms with Crippen molar-refractivity contribution in [3.63, 3.8) is 0 Å². The highest BCUT2D eigenvalue weighted by molar-refractivity contribution is 7.25. The van der Waals surface area contributed by atoms with E-state index in [9.17, 15) is 0 Å². The molecule has 1 aromatic carbocycles. The zero-order valence-corrected chi connectivity index (χ0v) is 19.3. The molecule has 0 saturated carbocycles. The van der Waals surface area contributed by atoms with E-state index in [1.165, 1.54) is 11.1 Å². The van der Waals surface area contributed by atoms with Crippen LogP contribution in [0.3, 0.4) is 0 Å². The number of nitrogens with zero attached hydrogens (tertiary/aromatic N) is 3. The minimum Gasteiger partial charge on any atom is -0.472 e. The third kappa shape index (κ3) is 3.90. The Morgan fingerprint density at radius 2 is 1.94 bits per heavy atom. The van der Waals surface area contributed by atoms with E-state index in [1.54, 1.807) is 17.7 Å². The summed E-state index contributed by atoms with van der Waals surface area (Å²) in [5.74, 6) is 1.16. The topological polar surface area (TPSA) is 57.1 Å². The number of hydrogen-bond acceptors (Lipinski definition) is 6. The van der Waals surface area contributed by atoms with Gasteiger partial charge in [-0.15, -0.1) is 11.3 Å². The van der Waals surface area contributed by atoms with Gasteiger partial charge in [0.2, 0.25) is 5.88 Å². The molecular formula is C25H27N3O2S. The quantitative estimate of drug-likeness (QED) is 0.394. The summed E-state index contributed by atoms with van der Waals surface area (Å²) in [7, 11) is 0. The largest absolute Gasteiger partial charge is 0.472 e. The highest BCUT2D eigenvalue weighted by atomic mass is 32.1. The summed E-state index contributed by atoms with van der Waals surface area (Å²) in [6.07, 6.45) is 3.40. The van der Waals surface area contributed by atoms with Crippen molar-refractivity contribution in [2.75, 3.05) is 0 Å². The Balaban J connectivity index is 1.65. The van der Waals surface area contributed by atoms with E-state index in [0.29, 0.717) is 25.0 Å². The molecule has 0 spiro atoms. The molecule has 0 amide bonds. The second-order valence-corrected chi connectivity index (χ2v) is 10.3. The molecule has 4 heterocycles. The van der Waals surface area contributed by atoms with Gasteiger partial charge in [0.25, 0.3) is 0 Å². The van der Waals surface area contributed by atoms with E-state index >= 15 is 0 Å². The fourth-order valence-corrected chi connectivity index (χ4v) is 5.36. The first-order valence-corrected chi connectivity index (χ1v) is 11.6. The normalized spacial score (nSPS) is 15.5. The van der Waals surface area contributed by atoms with E-state index in [4.69, 9.17) is 14.5 Å². The van der Waals surface area contributed by atoms with Gasteiger partial charge in [0, 0.05) is 23.1 Å². The van der Waals surface area contributed by atoms with Gasteiger partial charge in [-0.1, -0.05) is 44.2 Å². The van der Waals surface area contributed by atoms with Crippen LogP contribution < -0.4 is 4.74 Å². The number of thiophene rings is 1. The highest BCUT2D eigenvalue weighted by Gasteiger charge is 2.32. The molecule has 1 aliphatic heterocycles. The van der Waals surface area contributed by atoms with Crippen LogP contribution >= 0.6 is 11.3 Å². The van der Waals surface area contributed by atoms with Crippen molar-refractivity contribution in [3.05, 3.63) is 59.0 Å². The number of ether oxygens (including phenoxy) is 2. The van der Waals surface area contributed by atoms with Crippen LogP contribution in [0.2, 0.25) is 0 Å². The van der Waals surface area contributed by atoms with Crippen LogP contribution in [0.4, 0.5) is 0 Å². The summed E-state index contributed by atoms with van der Waals surface area (Å²) < 4.78 is 13.3. The molecule has 6 heteroatoms. The summed E-state index contributed by atoms with van der Waals surface area (Å²) >= 11 is 1.64. The lowest BCUT2D eigenvalue weighted by atomic mass is 9.88. The predicted molar refractivity (Wildman–Crippen MR) is 125 cm³/mol. The first-order chi connectivity index (χ1) is 14.9. The molecule has 5 rings (SSSR count). The first-order valence-electron chi connectivity index (χ1n) is 10.8. The van der Waals surface area contributed by atoms with Gasteiger partial charge in [-0.25, -0.2) is 15.0 Å². The second-order valence-electron chi connectivity index (χ2n) is 9.25. The molecule has 0 atom stereocenters. The smallest absolute Gasteiger partial charge is 0.235 e. The van der Waals surface area contributed by atoms with Gasteiger partial charge in [0.15, 0.2) is 0 Å². The Morgan fingerprint density at radius 3 is 2.71 bits per heavy atom. The van der Waals surface area contributed by atoms with Crippen molar-refractivity contribution >= 4 is 31.8 Å². The molecule has 3 aromatic heterocycles. The molecule has 0 aliphatic carbocycles. The van der Waals surface area contributed by atoms with Crippen LogP contribution in [-0.4, -0.2) is 20.6 Å². The minimum atomic E-state index is -0.204. The molecule has 4 aromatic rings. The van der Waals surface area contributed by atoms with Crippen molar-refractivity contribution in [2.45, 2.75) is 59.4 Å².